The third-order valence-corrected chi connectivity index (χ3v) is 4.98. The Kier molecular flexibility index (Phi) is 6.36. The molecule has 0 saturated carbocycles. The highest BCUT2D eigenvalue weighted by Gasteiger charge is 2.23. The van der Waals surface area contributed by atoms with Crippen molar-refractivity contribution in [2.45, 2.75) is 19.9 Å². The lowest BCUT2D eigenvalue weighted by molar-refractivity contribution is -0.125. The summed E-state index contributed by atoms with van der Waals surface area (Å²) in [6.07, 6.45) is 0. The van der Waals surface area contributed by atoms with Crippen molar-refractivity contribution in [1.29, 1.82) is 0 Å². The van der Waals surface area contributed by atoms with Crippen molar-refractivity contribution in [2.24, 2.45) is 0 Å². The van der Waals surface area contributed by atoms with E-state index in [2.05, 4.69) is 5.32 Å². The quantitative estimate of drug-likeness (QED) is 0.820. The minimum atomic E-state index is -3.06. The van der Waals surface area contributed by atoms with E-state index in [1.807, 2.05) is 50.2 Å². The minimum absolute atomic E-state index is 0.0246. The van der Waals surface area contributed by atoms with Crippen LogP contribution < -0.4 is 5.32 Å². The first kappa shape index (κ1) is 17.7. The van der Waals surface area contributed by atoms with Gasteiger partial charge in [0.05, 0.1) is 5.75 Å². The summed E-state index contributed by atoms with van der Waals surface area (Å²) in [5, 5.41) is 2.71. The molecule has 0 unspecified atom stereocenters. The van der Waals surface area contributed by atoms with Crippen LogP contribution in [0.3, 0.4) is 0 Å². The fraction of sp³-hybridized carbons (Fsp3) is 0.533. The molecule has 1 rings (SSSR count). The average molecular weight is 312 g/mol. The summed E-state index contributed by atoms with van der Waals surface area (Å²) in [7, 11) is 0.597. The zero-order chi connectivity index (χ0) is 16.0. The SMILES string of the molecule is CCS(=O)(=O)CCNC(=O)[C@H](c1cccc(C)c1)N(C)C. The molecule has 0 spiro atoms. The van der Waals surface area contributed by atoms with Crippen molar-refractivity contribution >= 4 is 15.7 Å². The van der Waals surface area contributed by atoms with E-state index in [1.54, 1.807) is 6.92 Å². The van der Waals surface area contributed by atoms with Crippen LogP contribution in [0.5, 0.6) is 0 Å². The summed E-state index contributed by atoms with van der Waals surface area (Å²) in [6.45, 7) is 3.72. The molecule has 0 aliphatic heterocycles. The highest BCUT2D eigenvalue weighted by atomic mass is 32.2. The first-order chi connectivity index (χ1) is 9.76. The van der Waals surface area contributed by atoms with Crippen molar-refractivity contribution < 1.29 is 13.2 Å². The van der Waals surface area contributed by atoms with Gasteiger partial charge in [0.1, 0.15) is 6.04 Å². The molecule has 6 heteroatoms. The van der Waals surface area contributed by atoms with Crippen LogP contribution in [0.15, 0.2) is 24.3 Å². The van der Waals surface area contributed by atoms with Gasteiger partial charge < -0.3 is 5.32 Å². The molecule has 0 bridgehead atoms. The molecule has 21 heavy (non-hydrogen) atoms. The van der Waals surface area contributed by atoms with Crippen LogP contribution in [0.25, 0.3) is 0 Å². The van der Waals surface area contributed by atoms with Crippen molar-refractivity contribution in [3.63, 3.8) is 0 Å². The van der Waals surface area contributed by atoms with Gasteiger partial charge in [-0.25, -0.2) is 8.42 Å². The minimum Gasteiger partial charge on any atom is -0.353 e. The zero-order valence-corrected chi connectivity index (χ0v) is 13.9. The summed E-state index contributed by atoms with van der Waals surface area (Å²) < 4.78 is 22.9. The van der Waals surface area contributed by atoms with E-state index in [0.717, 1.165) is 11.1 Å². The van der Waals surface area contributed by atoms with Crippen LogP contribution in [0.2, 0.25) is 0 Å². The molecule has 118 valence electrons. The Bertz CT molecular complexity index is 582. The van der Waals surface area contributed by atoms with Crippen molar-refractivity contribution in [1.82, 2.24) is 10.2 Å². The zero-order valence-electron chi connectivity index (χ0n) is 13.1. The smallest absolute Gasteiger partial charge is 0.241 e. The predicted molar refractivity (Wildman–Crippen MR) is 84.9 cm³/mol. The number of amides is 1. The molecule has 0 saturated heterocycles. The van der Waals surface area contributed by atoms with E-state index >= 15 is 0 Å². The second-order valence-corrected chi connectivity index (χ2v) is 7.78. The topological polar surface area (TPSA) is 66.5 Å². The highest BCUT2D eigenvalue weighted by molar-refractivity contribution is 7.91. The standard InChI is InChI=1S/C15H24N2O3S/c1-5-21(19,20)10-9-16-15(18)14(17(3)4)13-8-6-7-12(2)11-13/h6-8,11,14H,5,9-10H2,1-4H3,(H,16,18)/t14-/m0/s1. The first-order valence-corrected chi connectivity index (χ1v) is 8.80. The van der Waals surface area contributed by atoms with Gasteiger partial charge in [0.25, 0.3) is 0 Å². The van der Waals surface area contributed by atoms with Gasteiger partial charge in [-0.15, -0.1) is 0 Å². The van der Waals surface area contributed by atoms with E-state index < -0.39 is 15.9 Å². The lowest BCUT2D eigenvalue weighted by Gasteiger charge is -2.24. The maximum absolute atomic E-state index is 12.3. The molecule has 1 amide bonds. The summed E-state index contributed by atoms with van der Waals surface area (Å²) in [5.74, 6) is -0.113. The Labute approximate surface area is 127 Å². The Morgan fingerprint density at radius 2 is 2.00 bits per heavy atom. The Morgan fingerprint density at radius 1 is 1.33 bits per heavy atom. The Hall–Kier alpha value is -1.40. The van der Waals surface area contributed by atoms with Crippen LogP contribution in [0.1, 0.15) is 24.1 Å². The fourth-order valence-electron chi connectivity index (χ4n) is 2.09. The van der Waals surface area contributed by atoms with E-state index in [4.69, 9.17) is 0 Å². The maximum atomic E-state index is 12.3. The number of hydrogen-bond donors (Lipinski definition) is 1. The van der Waals surface area contributed by atoms with Gasteiger partial charge in [-0.1, -0.05) is 36.8 Å². The Morgan fingerprint density at radius 3 is 2.52 bits per heavy atom. The molecule has 1 N–H and O–H groups in total. The lowest BCUT2D eigenvalue weighted by atomic mass is 10.0. The molecular formula is C15H24N2O3S. The molecular weight excluding hydrogens is 288 g/mol. The second kappa shape index (κ2) is 7.56. The van der Waals surface area contributed by atoms with Gasteiger partial charge >= 0.3 is 0 Å². The van der Waals surface area contributed by atoms with E-state index in [9.17, 15) is 13.2 Å². The molecule has 1 aromatic rings. The molecule has 0 heterocycles. The third kappa shape index (κ3) is 5.47. The van der Waals surface area contributed by atoms with Crippen molar-refractivity contribution in [3.05, 3.63) is 35.4 Å². The maximum Gasteiger partial charge on any atom is 0.241 e. The molecule has 1 atom stereocenters. The van der Waals surface area contributed by atoms with Crippen LogP contribution in [0, 0.1) is 6.92 Å². The lowest BCUT2D eigenvalue weighted by Crippen LogP contribution is -2.39. The number of rotatable bonds is 7. The number of aryl methyl sites for hydroxylation is 1. The molecule has 0 aliphatic rings. The molecule has 1 aromatic carbocycles. The van der Waals surface area contributed by atoms with Gasteiger partial charge in [-0.2, -0.15) is 0 Å². The normalized spacial score (nSPS) is 13.2. The average Bonchev–Trinajstić information content (AvgIpc) is 2.38. The number of benzene rings is 1. The monoisotopic (exact) mass is 312 g/mol. The Balaban J connectivity index is 2.76. The van der Waals surface area contributed by atoms with Crippen LogP contribution >= 0.6 is 0 Å². The number of carbonyl (C=O) groups is 1. The summed E-state index contributed by atoms with van der Waals surface area (Å²) in [4.78, 5) is 14.1. The van der Waals surface area contributed by atoms with Crippen molar-refractivity contribution in [3.8, 4) is 0 Å². The van der Waals surface area contributed by atoms with E-state index in [1.165, 1.54) is 0 Å². The number of sulfone groups is 1. The second-order valence-electron chi connectivity index (χ2n) is 5.31. The molecule has 0 aromatic heterocycles. The summed E-state index contributed by atoms with van der Waals surface area (Å²) in [6, 6.07) is 7.33. The van der Waals surface area contributed by atoms with Crippen molar-refractivity contribution in [2.75, 3.05) is 32.1 Å². The van der Waals surface area contributed by atoms with Gasteiger partial charge in [-0.3, -0.25) is 9.69 Å². The van der Waals surface area contributed by atoms with Crippen LogP contribution in [-0.4, -0.2) is 51.4 Å². The number of nitrogens with zero attached hydrogens (tertiary/aromatic N) is 1. The number of nitrogens with one attached hydrogen (secondary N) is 1. The summed E-state index contributed by atoms with van der Waals surface area (Å²) >= 11 is 0. The van der Waals surface area contributed by atoms with Gasteiger partial charge in [-0.05, 0) is 26.6 Å². The van der Waals surface area contributed by atoms with Gasteiger partial charge in [0.2, 0.25) is 5.91 Å². The highest BCUT2D eigenvalue weighted by Crippen LogP contribution is 2.19. The molecule has 5 nitrogen and oxygen atoms in total. The fourth-order valence-corrected chi connectivity index (χ4v) is 2.80. The molecule has 0 fully saturated rings. The molecule has 0 radical (unpaired) electrons. The van der Waals surface area contributed by atoms with E-state index in [-0.39, 0.29) is 24.0 Å². The number of likely N-dealkylation sites (N-methyl/N-ethyl adjacent to an activating group) is 1. The largest absolute Gasteiger partial charge is 0.353 e. The van der Waals surface area contributed by atoms with Crippen LogP contribution in [-0.2, 0) is 14.6 Å². The predicted octanol–water partition coefficient (Wildman–Crippen LogP) is 1.15. The molecule has 0 aliphatic carbocycles. The van der Waals surface area contributed by atoms with E-state index in [0.29, 0.717) is 0 Å². The van der Waals surface area contributed by atoms with Gasteiger partial charge in [0.15, 0.2) is 9.84 Å². The third-order valence-electron chi connectivity index (χ3n) is 3.27. The summed E-state index contributed by atoms with van der Waals surface area (Å²) in [5.41, 5.74) is 1.98. The first-order valence-electron chi connectivity index (χ1n) is 6.98. The van der Waals surface area contributed by atoms with Crippen LogP contribution in [0.4, 0.5) is 0 Å². The van der Waals surface area contributed by atoms with Gasteiger partial charge in [0, 0.05) is 12.3 Å². The number of hydrogen-bond acceptors (Lipinski definition) is 4. The number of carbonyl (C=O) groups excluding carboxylic acids is 1.